The summed E-state index contributed by atoms with van der Waals surface area (Å²) in [5, 5.41) is 11.7. The van der Waals surface area contributed by atoms with Crippen LogP contribution in [0.3, 0.4) is 0 Å². The van der Waals surface area contributed by atoms with Crippen LogP contribution in [0.2, 0.25) is 0 Å². The van der Waals surface area contributed by atoms with Crippen molar-refractivity contribution >= 4 is 17.3 Å². The number of nitrogens with zero attached hydrogens (tertiary/aromatic N) is 2. The highest BCUT2D eigenvalue weighted by molar-refractivity contribution is 7.09. The summed E-state index contributed by atoms with van der Waals surface area (Å²) in [4.78, 5) is 17.5. The van der Waals surface area contributed by atoms with E-state index in [4.69, 9.17) is 5.11 Å². The molecular formula is C13H20N2O2S. The molecular weight excluding hydrogens is 248 g/mol. The van der Waals surface area contributed by atoms with E-state index in [1.807, 2.05) is 5.38 Å². The van der Waals surface area contributed by atoms with Gasteiger partial charge in [-0.25, -0.2) is 4.98 Å². The van der Waals surface area contributed by atoms with Crippen molar-refractivity contribution in [2.75, 3.05) is 13.1 Å². The lowest BCUT2D eigenvalue weighted by molar-refractivity contribution is -0.136. The first-order valence-corrected chi connectivity index (χ1v) is 7.34. The monoisotopic (exact) mass is 268 g/mol. The molecule has 0 aliphatic carbocycles. The van der Waals surface area contributed by atoms with Gasteiger partial charge in [-0.3, -0.25) is 9.69 Å². The Kier molecular flexibility index (Phi) is 4.35. The number of carbonyl (C=O) groups is 1. The molecule has 2 heterocycles. The molecule has 1 aromatic rings. The molecule has 18 heavy (non-hydrogen) atoms. The van der Waals surface area contributed by atoms with Gasteiger partial charge < -0.3 is 5.11 Å². The number of likely N-dealkylation sites (tertiary alicyclic amines) is 1. The Labute approximate surface area is 112 Å². The minimum atomic E-state index is -0.814. The Morgan fingerprint density at radius 3 is 3.17 bits per heavy atom. The Hall–Kier alpha value is -0.940. The van der Waals surface area contributed by atoms with Gasteiger partial charge in [0, 0.05) is 11.9 Å². The van der Waals surface area contributed by atoms with Gasteiger partial charge in [0.25, 0.3) is 0 Å². The number of hydrogen-bond acceptors (Lipinski definition) is 4. The molecule has 1 N–H and O–H groups in total. The van der Waals surface area contributed by atoms with Crippen LogP contribution in [-0.2, 0) is 11.2 Å². The van der Waals surface area contributed by atoms with E-state index in [1.165, 1.54) is 12.8 Å². The first kappa shape index (κ1) is 13.5. The van der Waals surface area contributed by atoms with Gasteiger partial charge in [0.05, 0.1) is 18.2 Å². The number of thiazole rings is 1. The maximum Gasteiger partial charge on any atom is 0.309 e. The number of piperidine rings is 1. The molecule has 1 saturated heterocycles. The predicted octanol–water partition coefficient (Wildman–Crippen LogP) is 2.56. The summed E-state index contributed by atoms with van der Waals surface area (Å²) in [6.45, 7) is 6.70. The van der Waals surface area contributed by atoms with Crippen molar-refractivity contribution in [1.29, 1.82) is 0 Å². The number of rotatable bonds is 4. The van der Waals surface area contributed by atoms with E-state index in [0.717, 1.165) is 24.0 Å². The number of carboxylic acid groups (broad SMARTS) is 1. The quantitative estimate of drug-likeness (QED) is 0.912. The molecule has 1 aliphatic heterocycles. The Balaban J connectivity index is 2.01. The molecule has 1 aromatic heterocycles. The van der Waals surface area contributed by atoms with Crippen LogP contribution in [0.1, 0.15) is 43.4 Å². The van der Waals surface area contributed by atoms with Gasteiger partial charge in [-0.2, -0.15) is 0 Å². The van der Waals surface area contributed by atoms with Crippen molar-refractivity contribution in [1.82, 2.24) is 9.88 Å². The summed E-state index contributed by atoms with van der Waals surface area (Å²) in [5.41, 5.74) is 0.680. The molecule has 0 aromatic carbocycles. The summed E-state index contributed by atoms with van der Waals surface area (Å²) in [7, 11) is 0. The van der Waals surface area contributed by atoms with Crippen molar-refractivity contribution in [3.8, 4) is 0 Å². The second kappa shape index (κ2) is 5.80. The molecule has 4 nitrogen and oxygen atoms in total. The third-order valence-corrected chi connectivity index (χ3v) is 4.56. The third kappa shape index (κ3) is 3.29. The smallest absolute Gasteiger partial charge is 0.309 e. The molecule has 2 atom stereocenters. The molecule has 1 aliphatic rings. The number of hydrogen-bond donors (Lipinski definition) is 1. The van der Waals surface area contributed by atoms with Crippen LogP contribution in [0, 0.1) is 5.92 Å². The van der Waals surface area contributed by atoms with E-state index in [2.05, 4.69) is 23.7 Å². The predicted molar refractivity (Wildman–Crippen MR) is 71.8 cm³/mol. The first-order chi connectivity index (χ1) is 8.56. The van der Waals surface area contributed by atoms with Gasteiger partial charge in [0.2, 0.25) is 0 Å². The fourth-order valence-corrected chi connectivity index (χ4v) is 3.39. The summed E-state index contributed by atoms with van der Waals surface area (Å²) in [5.74, 6) is -0.0641. The first-order valence-electron chi connectivity index (χ1n) is 6.46. The average Bonchev–Trinajstić information content (AvgIpc) is 2.75. The summed E-state index contributed by atoms with van der Waals surface area (Å²) < 4.78 is 0. The number of aliphatic carboxylic acids is 1. The standard InChI is InChI=1S/C13H20N2O2S/c1-9-4-3-5-15(7-9)10(2)13-14-11(8-18-13)6-12(16)17/h8-10H,3-7H2,1-2H3,(H,16,17). The molecule has 0 spiro atoms. The third-order valence-electron chi connectivity index (χ3n) is 3.50. The molecule has 2 rings (SSSR count). The largest absolute Gasteiger partial charge is 0.481 e. The normalized spacial score (nSPS) is 22.9. The lowest BCUT2D eigenvalue weighted by Crippen LogP contribution is -2.36. The fourth-order valence-electron chi connectivity index (χ4n) is 2.48. The van der Waals surface area contributed by atoms with Crippen LogP contribution in [0.25, 0.3) is 0 Å². The van der Waals surface area contributed by atoms with Crippen LogP contribution in [0.15, 0.2) is 5.38 Å². The van der Waals surface area contributed by atoms with E-state index in [9.17, 15) is 4.79 Å². The lowest BCUT2D eigenvalue weighted by atomic mass is 9.99. The molecule has 2 unspecified atom stereocenters. The molecule has 5 heteroatoms. The molecule has 1 fully saturated rings. The van der Waals surface area contributed by atoms with E-state index in [-0.39, 0.29) is 6.42 Å². The van der Waals surface area contributed by atoms with Crippen LogP contribution >= 0.6 is 11.3 Å². The van der Waals surface area contributed by atoms with Gasteiger partial charge in [-0.15, -0.1) is 11.3 Å². The van der Waals surface area contributed by atoms with Gasteiger partial charge in [0.1, 0.15) is 5.01 Å². The number of aromatic nitrogens is 1. The van der Waals surface area contributed by atoms with Crippen LogP contribution in [-0.4, -0.2) is 34.0 Å². The van der Waals surface area contributed by atoms with Crippen LogP contribution in [0.4, 0.5) is 0 Å². The van der Waals surface area contributed by atoms with E-state index < -0.39 is 5.97 Å². The number of carboxylic acids is 1. The SMILES string of the molecule is CC1CCCN(C(C)c2nc(CC(=O)O)cs2)C1. The zero-order valence-corrected chi connectivity index (χ0v) is 11.7. The molecule has 0 amide bonds. The van der Waals surface area contributed by atoms with Crippen molar-refractivity contribution in [3.63, 3.8) is 0 Å². The van der Waals surface area contributed by atoms with Gasteiger partial charge in [-0.05, 0) is 32.2 Å². The van der Waals surface area contributed by atoms with E-state index in [1.54, 1.807) is 11.3 Å². The topological polar surface area (TPSA) is 53.4 Å². The van der Waals surface area contributed by atoms with Crippen molar-refractivity contribution < 1.29 is 9.90 Å². The molecule has 100 valence electrons. The highest BCUT2D eigenvalue weighted by Crippen LogP contribution is 2.28. The van der Waals surface area contributed by atoms with Crippen LogP contribution in [0.5, 0.6) is 0 Å². The van der Waals surface area contributed by atoms with Gasteiger partial charge in [0.15, 0.2) is 0 Å². The lowest BCUT2D eigenvalue weighted by Gasteiger charge is -2.34. The Bertz CT molecular complexity index is 419. The minimum Gasteiger partial charge on any atom is -0.481 e. The van der Waals surface area contributed by atoms with Crippen LogP contribution < -0.4 is 0 Å². The minimum absolute atomic E-state index is 0.0274. The summed E-state index contributed by atoms with van der Waals surface area (Å²) in [6, 6.07) is 0.306. The maximum absolute atomic E-state index is 10.6. The molecule has 0 bridgehead atoms. The second-order valence-corrected chi connectivity index (χ2v) is 6.06. The summed E-state index contributed by atoms with van der Waals surface area (Å²) in [6.07, 6.45) is 2.59. The Morgan fingerprint density at radius 2 is 2.50 bits per heavy atom. The maximum atomic E-state index is 10.6. The fraction of sp³-hybridized carbons (Fsp3) is 0.692. The average molecular weight is 268 g/mol. The highest BCUT2D eigenvalue weighted by Gasteiger charge is 2.23. The summed E-state index contributed by atoms with van der Waals surface area (Å²) >= 11 is 1.58. The second-order valence-electron chi connectivity index (χ2n) is 5.17. The molecule has 0 radical (unpaired) electrons. The highest BCUT2D eigenvalue weighted by atomic mass is 32.1. The zero-order valence-electron chi connectivity index (χ0n) is 10.9. The van der Waals surface area contributed by atoms with Crippen molar-refractivity contribution in [2.24, 2.45) is 5.92 Å². The van der Waals surface area contributed by atoms with E-state index in [0.29, 0.717) is 11.7 Å². The Morgan fingerprint density at radius 1 is 1.72 bits per heavy atom. The van der Waals surface area contributed by atoms with Crippen molar-refractivity contribution in [3.05, 3.63) is 16.1 Å². The van der Waals surface area contributed by atoms with E-state index >= 15 is 0 Å². The van der Waals surface area contributed by atoms with Gasteiger partial charge in [-0.1, -0.05) is 6.92 Å². The van der Waals surface area contributed by atoms with Crippen molar-refractivity contribution in [2.45, 2.75) is 39.2 Å². The molecule has 0 saturated carbocycles. The zero-order chi connectivity index (χ0) is 13.1. The van der Waals surface area contributed by atoms with Gasteiger partial charge >= 0.3 is 5.97 Å².